The van der Waals surface area contributed by atoms with Gasteiger partial charge in [0.15, 0.2) is 0 Å². The molecular weight excluding hydrogens is 890 g/mol. The number of furan rings is 2. The van der Waals surface area contributed by atoms with Crippen LogP contribution in [-0.4, -0.2) is 12.3 Å². The SMILES string of the molecule is CC(C)(C)c1ccc2c(c1)B1c3cc(C(C)(C)C)ccc3N(c3ccc4c(c3)oc3ccccc34)c3cc(N4c5ccc(C(C)(C)C)cc5C5(C)CCCC45C)cc(c31)N2c1ccc2c(c1)oc1ccccc12. The molecule has 0 amide bonds. The summed E-state index contributed by atoms with van der Waals surface area (Å²) in [6.07, 6.45) is 3.44. The molecule has 1 aliphatic carbocycles. The van der Waals surface area contributed by atoms with Crippen LogP contribution in [0, 0.1) is 0 Å². The van der Waals surface area contributed by atoms with Crippen molar-refractivity contribution in [1.29, 1.82) is 0 Å². The van der Waals surface area contributed by atoms with Crippen molar-refractivity contribution in [3.8, 4) is 0 Å². The monoisotopic (exact) mass is 954 g/mol. The zero-order chi connectivity index (χ0) is 50.3. The molecule has 5 heterocycles. The fourth-order valence-corrected chi connectivity index (χ4v) is 13.8. The molecule has 5 nitrogen and oxygen atoms in total. The van der Waals surface area contributed by atoms with Crippen LogP contribution in [0.4, 0.5) is 45.5 Å². The van der Waals surface area contributed by atoms with Crippen molar-refractivity contribution in [2.24, 2.45) is 0 Å². The van der Waals surface area contributed by atoms with Crippen molar-refractivity contribution in [1.82, 2.24) is 0 Å². The lowest BCUT2D eigenvalue weighted by Gasteiger charge is -2.47. The number of anilines is 8. The maximum absolute atomic E-state index is 6.72. The van der Waals surface area contributed by atoms with Crippen molar-refractivity contribution in [2.45, 2.75) is 123 Å². The molecule has 3 aliphatic heterocycles. The molecule has 0 radical (unpaired) electrons. The summed E-state index contributed by atoms with van der Waals surface area (Å²) in [5, 5.41) is 4.52. The van der Waals surface area contributed by atoms with Gasteiger partial charge in [-0.25, -0.2) is 0 Å². The van der Waals surface area contributed by atoms with Crippen molar-refractivity contribution in [3.63, 3.8) is 0 Å². The average molecular weight is 954 g/mol. The van der Waals surface area contributed by atoms with Gasteiger partial charge in [-0.1, -0.05) is 148 Å². The third-order valence-corrected chi connectivity index (χ3v) is 18.0. The molecule has 14 rings (SSSR count). The van der Waals surface area contributed by atoms with Gasteiger partial charge in [-0.2, -0.15) is 0 Å². The zero-order valence-corrected chi connectivity index (χ0v) is 44.3. The Kier molecular flexibility index (Phi) is 8.99. The Morgan fingerprint density at radius 2 is 0.877 bits per heavy atom. The lowest BCUT2D eigenvalue weighted by atomic mass is 9.33. The van der Waals surface area contributed by atoms with E-state index >= 15 is 0 Å². The number of benzene rings is 8. The fraction of sp³-hybridized carbons (Fsp3) is 0.284. The fourth-order valence-electron chi connectivity index (χ4n) is 13.8. The van der Waals surface area contributed by atoms with Gasteiger partial charge in [0.1, 0.15) is 22.3 Å². The molecule has 73 heavy (non-hydrogen) atoms. The molecule has 10 aromatic rings. The first-order valence-electron chi connectivity index (χ1n) is 26.7. The van der Waals surface area contributed by atoms with Gasteiger partial charge in [-0.05, 0) is 141 Å². The minimum atomic E-state index is -0.162. The van der Waals surface area contributed by atoms with Crippen molar-refractivity contribution < 1.29 is 8.83 Å². The molecule has 0 bridgehead atoms. The predicted octanol–water partition coefficient (Wildman–Crippen LogP) is 16.8. The van der Waals surface area contributed by atoms with Crippen LogP contribution in [0.15, 0.2) is 160 Å². The maximum Gasteiger partial charge on any atom is 0.252 e. The number of rotatable bonds is 3. The van der Waals surface area contributed by atoms with Crippen LogP contribution in [0.5, 0.6) is 0 Å². The summed E-state index contributed by atoms with van der Waals surface area (Å²) in [4.78, 5) is 7.91. The summed E-state index contributed by atoms with van der Waals surface area (Å²) < 4.78 is 13.4. The van der Waals surface area contributed by atoms with E-state index in [1.807, 2.05) is 0 Å². The first-order chi connectivity index (χ1) is 34.8. The van der Waals surface area contributed by atoms with Crippen LogP contribution in [-0.2, 0) is 21.7 Å². The molecule has 6 heteroatoms. The maximum atomic E-state index is 6.72. The molecule has 0 spiro atoms. The van der Waals surface area contributed by atoms with Crippen LogP contribution in [0.2, 0.25) is 0 Å². The Hall–Kier alpha value is -7.18. The van der Waals surface area contributed by atoms with Crippen molar-refractivity contribution >= 4 is 112 Å². The van der Waals surface area contributed by atoms with E-state index in [2.05, 4.69) is 243 Å². The van der Waals surface area contributed by atoms with Crippen LogP contribution in [0.3, 0.4) is 0 Å². The van der Waals surface area contributed by atoms with Crippen molar-refractivity contribution in [3.05, 3.63) is 174 Å². The Morgan fingerprint density at radius 1 is 0.425 bits per heavy atom. The summed E-state index contributed by atoms with van der Waals surface area (Å²) in [6, 6.07) is 57.8. The second kappa shape index (κ2) is 14.7. The number of nitrogens with zero attached hydrogens (tertiary/aromatic N) is 3. The van der Waals surface area contributed by atoms with Crippen LogP contribution >= 0.6 is 0 Å². The average Bonchev–Trinajstić information content (AvgIpc) is 4.06. The summed E-state index contributed by atoms with van der Waals surface area (Å²) in [7, 11) is 0. The molecule has 1 saturated carbocycles. The molecule has 2 aromatic heterocycles. The second-order valence-corrected chi connectivity index (χ2v) is 25.4. The van der Waals surface area contributed by atoms with E-state index in [1.54, 1.807) is 0 Å². The second-order valence-electron chi connectivity index (χ2n) is 25.4. The van der Waals surface area contributed by atoms with Crippen LogP contribution in [0.25, 0.3) is 43.9 Å². The predicted molar refractivity (Wildman–Crippen MR) is 309 cm³/mol. The van der Waals surface area contributed by atoms with Gasteiger partial charge < -0.3 is 23.5 Å². The van der Waals surface area contributed by atoms with Crippen molar-refractivity contribution in [2.75, 3.05) is 14.7 Å². The lowest BCUT2D eigenvalue weighted by Crippen LogP contribution is -2.62. The zero-order valence-electron chi connectivity index (χ0n) is 44.3. The highest BCUT2D eigenvalue weighted by molar-refractivity contribution is 7.00. The molecule has 362 valence electrons. The van der Waals surface area contributed by atoms with Gasteiger partial charge in [0.05, 0.1) is 5.54 Å². The molecule has 1 fully saturated rings. The third-order valence-electron chi connectivity index (χ3n) is 18.0. The summed E-state index contributed by atoms with van der Waals surface area (Å²) >= 11 is 0. The van der Waals surface area contributed by atoms with E-state index in [9.17, 15) is 0 Å². The topological polar surface area (TPSA) is 36.0 Å². The normalized spacial score (nSPS) is 19.3. The molecule has 0 saturated heterocycles. The van der Waals surface area contributed by atoms with E-state index in [1.165, 1.54) is 79.2 Å². The highest BCUT2D eigenvalue weighted by Crippen LogP contribution is 2.63. The van der Waals surface area contributed by atoms with Gasteiger partial charge in [0.2, 0.25) is 0 Å². The summed E-state index contributed by atoms with van der Waals surface area (Å²) in [5.74, 6) is 0. The van der Waals surface area contributed by atoms with E-state index in [0.717, 1.165) is 68.1 Å². The Balaban J connectivity index is 1.11. The summed E-state index contributed by atoms with van der Waals surface area (Å²) in [5.41, 5.74) is 22.2. The Morgan fingerprint density at radius 3 is 1.37 bits per heavy atom. The smallest absolute Gasteiger partial charge is 0.252 e. The van der Waals surface area contributed by atoms with E-state index in [0.29, 0.717) is 0 Å². The number of hydrogen-bond donors (Lipinski definition) is 0. The molecule has 2 atom stereocenters. The number of para-hydroxylation sites is 2. The third kappa shape index (κ3) is 6.22. The Labute approximate surface area is 430 Å². The summed E-state index contributed by atoms with van der Waals surface area (Å²) in [6.45, 7) is 26.1. The number of hydrogen-bond acceptors (Lipinski definition) is 5. The van der Waals surface area contributed by atoms with E-state index in [-0.39, 0.29) is 33.9 Å². The quantitative estimate of drug-likeness (QED) is 0.165. The Bertz CT molecular complexity index is 3780. The largest absolute Gasteiger partial charge is 0.456 e. The van der Waals surface area contributed by atoms with Gasteiger partial charge in [-0.3, -0.25) is 0 Å². The molecule has 4 aliphatic rings. The lowest BCUT2D eigenvalue weighted by molar-refractivity contribution is 0.330. The van der Waals surface area contributed by atoms with Crippen LogP contribution in [0.1, 0.15) is 118 Å². The molecule has 0 N–H and O–H groups in total. The van der Waals surface area contributed by atoms with E-state index in [4.69, 9.17) is 8.83 Å². The minimum absolute atomic E-state index is 0.0300. The molecule has 8 aromatic carbocycles. The minimum Gasteiger partial charge on any atom is -0.456 e. The van der Waals surface area contributed by atoms with Crippen LogP contribution < -0.4 is 31.1 Å². The first-order valence-corrected chi connectivity index (χ1v) is 26.7. The molecule has 2 unspecified atom stereocenters. The van der Waals surface area contributed by atoms with E-state index < -0.39 is 0 Å². The van der Waals surface area contributed by atoms with Gasteiger partial charge >= 0.3 is 0 Å². The van der Waals surface area contributed by atoms with Gasteiger partial charge in [-0.15, -0.1) is 0 Å². The number of fused-ring (bicyclic) bond motifs is 13. The highest BCUT2D eigenvalue weighted by Gasteiger charge is 2.60. The van der Waals surface area contributed by atoms with Gasteiger partial charge in [0.25, 0.3) is 6.71 Å². The highest BCUT2D eigenvalue weighted by atomic mass is 16.3. The van der Waals surface area contributed by atoms with Gasteiger partial charge in [0, 0.05) is 84.6 Å². The first kappa shape index (κ1) is 44.5. The molecular formula is C67H64BN3O2. The standard InChI is InChI=1S/C67H64BN3O2/c1-63(2,3)40-21-28-53-50(33-40)66(10)31-16-32-67(66,11)71(53)45-36-56-62-57(37-45)70(44-25-27-49-47-18-13-15-20-59(47)73-61(49)39-44)55-30-23-42(65(7,8)9)35-52(55)68(62)51-34-41(64(4,5)6)22-29-54(51)69(56)43-24-26-48-46-17-12-14-19-58(46)72-60(48)38-43/h12-15,17-30,33-39H,16,31-32H2,1-11H3.